The van der Waals surface area contributed by atoms with Gasteiger partial charge in [-0.3, -0.25) is 0 Å². The summed E-state index contributed by atoms with van der Waals surface area (Å²) >= 11 is 0. The first-order valence-corrected chi connectivity index (χ1v) is 10.4. The Kier molecular flexibility index (Phi) is 4.67. The number of sulfonamides is 1. The first-order valence-electron chi connectivity index (χ1n) is 9.01. The van der Waals surface area contributed by atoms with Gasteiger partial charge in [0.15, 0.2) is 0 Å². The summed E-state index contributed by atoms with van der Waals surface area (Å²) in [6, 6.07) is 5.16. The summed E-state index contributed by atoms with van der Waals surface area (Å²) in [5.74, 6) is 1.26. The lowest BCUT2D eigenvalue weighted by molar-refractivity contribution is 0.0724. The summed E-state index contributed by atoms with van der Waals surface area (Å²) in [6.45, 7) is 13.2. The van der Waals surface area contributed by atoms with Crippen molar-refractivity contribution in [1.29, 1.82) is 0 Å². The topological polar surface area (TPSA) is 59.1 Å². The predicted octanol–water partition coefficient (Wildman–Crippen LogP) is 3.60. The van der Waals surface area contributed by atoms with E-state index in [9.17, 15) is 8.42 Å². The lowest BCUT2D eigenvalue weighted by atomic mass is 9.94. The van der Waals surface area contributed by atoms with Crippen LogP contribution in [0.2, 0.25) is 0 Å². The molecule has 140 valence electrons. The van der Waals surface area contributed by atoms with Gasteiger partial charge in [-0.2, -0.15) is 4.31 Å². The number of epoxide rings is 1. The molecule has 6 heteroatoms. The second kappa shape index (κ2) is 6.25. The molecule has 1 aromatic rings. The normalized spacial score (nSPS) is 24.2. The molecule has 1 fully saturated rings. The van der Waals surface area contributed by atoms with Crippen LogP contribution in [0, 0.1) is 11.8 Å². The van der Waals surface area contributed by atoms with Crippen LogP contribution in [0.1, 0.15) is 53.2 Å². The second-order valence-corrected chi connectivity index (χ2v) is 10.4. The van der Waals surface area contributed by atoms with Gasteiger partial charge in [0.05, 0.1) is 4.90 Å². The maximum atomic E-state index is 13.2. The van der Waals surface area contributed by atoms with Gasteiger partial charge in [0.25, 0.3) is 0 Å². The highest BCUT2D eigenvalue weighted by Gasteiger charge is 2.56. The minimum atomic E-state index is -3.54. The third kappa shape index (κ3) is 3.57. The highest BCUT2D eigenvalue weighted by Crippen LogP contribution is 2.54. The fraction of sp³-hybridized carbons (Fsp3) is 0.684. The summed E-state index contributed by atoms with van der Waals surface area (Å²) in [6.07, 6.45) is -0.0575. The van der Waals surface area contributed by atoms with E-state index in [0.29, 0.717) is 18.0 Å². The van der Waals surface area contributed by atoms with Crippen LogP contribution < -0.4 is 4.74 Å². The number of benzene rings is 1. The van der Waals surface area contributed by atoms with E-state index in [2.05, 4.69) is 0 Å². The Morgan fingerprint density at radius 1 is 1.12 bits per heavy atom. The van der Waals surface area contributed by atoms with Crippen molar-refractivity contribution in [1.82, 2.24) is 4.31 Å². The Hall–Kier alpha value is -1.11. The maximum absolute atomic E-state index is 13.2. The Morgan fingerprint density at radius 3 is 2.28 bits per heavy atom. The van der Waals surface area contributed by atoms with Crippen LogP contribution in [0.3, 0.4) is 0 Å². The summed E-state index contributed by atoms with van der Waals surface area (Å²) in [5, 5.41) is 0. The molecule has 0 aliphatic carbocycles. The Morgan fingerprint density at radius 2 is 1.72 bits per heavy atom. The van der Waals surface area contributed by atoms with Gasteiger partial charge in [-0.25, -0.2) is 8.42 Å². The maximum Gasteiger partial charge on any atom is 0.243 e. The van der Waals surface area contributed by atoms with Crippen LogP contribution >= 0.6 is 0 Å². The van der Waals surface area contributed by atoms with Crippen molar-refractivity contribution < 1.29 is 17.9 Å². The Balaban J connectivity index is 1.94. The molecule has 3 rings (SSSR count). The van der Waals surface area contributed by atoms with Gasteiger partial charge >= 0.3 is 0 Å². The van der Waals surface area contributed by atoms with Crippen molar-refractivity contribution in [2.45, 2.75) is 64.2 Å². The molecule has 2 heterocycles. The van der Waals surface area contributed by atoms with Crippen LogP contribution in [0.15, 0.2) is 23.1 Å². The van der Waals surface area contributed by atoms with Crippen molar-refractivity contribution in [3.63, 3.8) is 0 Å². The molecule has 1 saturated heterocycles. The number of hydrogen-bond donors (Lipinski definition) is 0. The molecule has 0 saturated carbocycles. The smallest absolute Gasteiger partial charge is 0.243 e. The molecule has 0 unspecified atom stereocenters. The summed E-state index contributed by atoms with van der Waals surface area (Å²) in [7, 11) is -3.54. The lowest BCUT2D eigenvalue weighted by Crippen LogP contribution is -2.38. The van der Waals surface area contributed by atoms with Crippen molar-refractivity contribution in [3.05, 3.63) is 23.8 Å². The zero-order valence-electron chi connectivity index (χ0n) is 15.9. The van der Waals surface area contributed by atoms with Crippen molar-refractivity contribution in [2.24, 2.45) is 11.8 Å². The SMILES string of the molecule is CC(C)CN(CC(C)C)S(=O)(=O)c1ccc2c(c1)[C@H]1O[C@H]1C(C)(C)O2. The molecule has 0 radical (unpaired) electrons. The highest BCUT2D eigenvalue weighted by molar-refractivity contribution is 7.89. The number of rotatable bonds is 6. The highest BCUT2D eigenvalue weighted by atomic mass is 32.2. The quantitative estimate of drug-likeness (QED) is 0.721. The molecule has 0 spiro atoms. The third-order valence-electron chi connectivity index (χ3n) is 4.61. The van der Waals surface area contributed by atoms with E-state index in [0.717, 1.165) is 11.3 Å². The monoisotopic (exact) mass is 367 g/mol. The van der Waals surface area contributed by atoms with Gasteiger partial charge in [0.2, 0.25) is 10.0 Å². The molecule has 2 aliphatic heterocycles. The molecule has 5 nitrogen and oxygen atoms in total. The molecule has 0 aromatic heterocycles. The van der Waals surface area contributed by atoms with Gasteiger partial charge < -0.3 is 9.47 Å². The zero-order valence-corrected chi connectivity index (χ0v) is 16.8. The zero-order chi connectivity index (χ0) is 18.6. The largest absolute Gasteiger partial charge is 0.485 e. The van der Waals surface area contributed by atoms with E-state index in [1.54, 1.807) is 22.5 Å². The Bertz CT molecular complexity index is 745. The molecular weight excluding hydrogens is 338 g/mol. The summed E-state index contributed by atoms with van der Waals surface area (Å²) < 4.78 is 39.7. The number of ether oxygens (including phenoxy) is 2. The first-order chi connectivity index (χ1) is 11.5. The summed E-state index contributed by atoms with van der Waals surface area (Å²) in [4.78, 5) is 0.324. The lowest BCUT2D eigenvalue weighted by Gasteiger charge is -2.30. The number of fused-ring (bicyclic) bond motifs is 3. The molecule has 0 bridgehead atoms. The number of nitrogens with zero attached hydrogens (tertiary/aromatic N) is 1. The van der Waals surface area contributed by atoms with E-state index in [1.165, 1.54) is 0 Å². The average Bonchev–Trinajstić information content (AvgIpc) is 3.26. The van der Waals surface area contributed by atoms with Crippen LogP contribution in [0.4, 0.5) is 0 Å². The third-order valence-corrected chi connectivity index (χ3v) is 6.44. The van der Waals surface area contributed by atoms with Crippen molar-refractivity contribution in [2.75, 3.05) is 13.1 Å². The Labute approximate surface area is 151 Å². The molecule has 25 heavy (non-hydrogen) atoms. The van der Waals surface area contributed by atoms with Crippen LogP contribution in [0.5, 0.6) is 5.75 Å². The van der Waals surface area contributed by atoms with E-state index >= 15 is 0 Å². The predicted molar refractivity (Wildman–Crippen MR) is 97.2 cm³/mol. The molecule has 2 atom stereocenters. The molecule has 0 amide bonds. The fourth-order valence-corrected chi connectivity index (χ4v) is 5.26. The minimum Gasteiger partial charge on any atom is -0.485 e. The van der Waals surface area contributed by atoms with E-state index in [1.807, 2.05) is 41.5 Å². The number of hydrogen-bond acceptors (Lipinski definition) is 4. The van der Waals surface area contributed by atoms with E-state index in [4.69, 9.17) is 9.47 Å². The molecular formula is C19H29NO4S. The fourth-order valence-electron chi connectivity index (χ4n) is 3.46. The van der Waals surface area contributed by atoms with Gasteiger partial charge in [-0.05, 0) is 43.9 Å². The van der Waals surface area contributed by atoms with E-state index < -0.39 is 10.0 Å². The van der Waals surface area contributed by atoms with Crippen LogP contribution in [0.25, 0.3) is 0 Å². The van der Waals surface area contributed by atoms with Crippen LogP contribution in [-0.4, -0.2) is 37.5 Å². The van der Waals surface area contributed by atoms with Gasteiger partial charge in [0, 0.05) is 18.7 Å². The van der Waals surface area contributed by atoms with E-state index in [-0.39, 0.29) is 29.6 Å². The van der Waals surface area contributed by atoms with Crippen molar-refractivity contribution in [3.8, 4) is 5.75 Å². The first kappa shape index (κ1) is 18.7. The standard InChI is InChI=1S/C19H29NO4S/c1-12(2)10-20(11-13(3)4)25(21,22)14-7-8-16-15(9-14)17-18(23-17)19(5,6)24-16/h7-9,12-13,17-18H,10-11H2,1-6H3/t17-,18-/m1/s1. The molecule has 0 N–H and O–H groups in total. The van der Waals surface area contributed by atoms with Crippen LogP contribution in [-0.2, 0) is 14.8 Å². The van der Waals surface area contributed by atoms with Gasteiger partial charge in [-0.15, -0.1) is 0 Å². The second-order valence-electron chi connectivity index (χ2n) is 8.49. The molecule has 2 aliphatic rings. The summed E-state index contributed by atoms with van der Waals surface area (Å²) in [5.41, 5.74) is 0.471. The average molecular weight is 368 g/mol. The van der Waals surface area contributed by atoms with Gasteiger partial charge in [0.1, 0.15) is 23.6 Å². The minimum absolute atomic E-state index is 0.000357. The van der Waals surface area contributed by atoms with Gasteiger partial charge in [-0.1, -0.05) is 27.7 Å². The van der Waals surface area contributed by atoms with Crippen molar-refractivity contribution >= 4 is 10.0 Å². The molecule has 1 aromatic carbocycles.